The Balaban J connectivity index is 2.43. The monoisotopic (exact) mass is 371 g/mol. The van der Waals surface area contributed by atoms with Gasteiger partial charge in [-0.25, -0.2) is 0 Å². The quantitative estimate of drug-likeness (QED) is 0.302. The first-order valence-electron chi connectivity index (χ1n) is 7.51. The normalized spacial score (nSPS) is 25.2. The van der Waals surface area contributed by atoms with Crippen molar-refractivity contribution >= 4 is 23.9 Å². The van der Waals surface area contributed by atoms with Crippen molar-refractivity contribution in [2.75, 3.05) is 6.61 Å². The molecule has 0 aromatic carbocycles. The number of carbonyl (C=O) groups is 3. The highest BCUT2D eigenvalue weighted by molar-refractivity contribution is 5.68. The van der Waals surface area contributed by atoms with E-state index in [1.165, 1.54) is 12.4 Å². The van der Waals surface area contributed by atoms with Crippen molar-refractivity contribution < 1.29 is 38.3 Å². The van der Waals surface area contributed by atoms with Crippen LogP contribution in [0.4, 0.5) is 5.95 Å². The molecular formula is C14H17N3O9. The van der Waals surface area contributed by atoms with E-state index >= 15 is 0 Å². The van der Waals surface area contributed by atoms with Crippen LogP contribution in [0.1, 0.15) is 27.0 Å². The Morgan fingerprint density at radius 3 is 2.27 bits per heavy atom. The topological polar surface area (TPSA) is 149 Å². The minimum Gasteiger partial charge on any atom is -0.456 e. The maximum atomic E-state index is 11.5. The molecule has 0 unspecified atom stereocenters. The number of nitro groups is 1. The average molecular weight is 371 g/mol. The van der Waals surface area contributed by atoms with Crippen molar-refractivity contribution in [3.05, 3.63) is 22.5 Å². The Bertz CT molecular complexity index is 716. The third kappa shape index (κ3) is 4.33. The number of ether oxygens (including phenoxy) is 4. The van der Waals surface area contributed by atoms with Gasteiger partial charge in [0.1, 0.15) is 12.4 Å². The van der Waals surface area contributed by atoms with E-state index in [0.29, 0.717) is 0 Å². The van der Waals surface area contributed by atoms with Crippen LogP contribution in [0.3, 0.4) is 0 Å². The van der Waals surface area contributed by atoms with Crippen molar-refractivity contribution in [1.29, 1.82) is 0 Å². The van der Waals surface area contributed by atoms with Crippen LogP contribution in [0.2, 0.25) is 0 Å². The number of carbonyl (C=O) groups excluding carboxylic acids is 3. The number of rotatable bonds is 5. The third-order valence-electron chi connectivity index (χ3n) is 3.41. The summed E-state index contributed by atoms with van der Waals surface area (Å²) in [5, 5.41) is 11.1. The summed E-state index contributed by atoms with van der Waals surface area (Å²) in [6, 6.07) is 0. The molecule has 12 heteroatoms. The third-order valence-corrected chi connectivity index (χ3v) is 3.41. The standard InChI is InChI=1S/C14H17N3O9/c1-7(18)24-10-6-23-13(16-5-4-15-14(16)17(21)22)12(26-9(3)20)11(10)25-8(2)19/h4-5,10-13H,6H2,1-3H3/t10-,11-,12+,13+/m0/s1. The average Bonchev–Trinajstić information content (AvgIpc) is 2.98. The molecule has 0 spiro atoms. The van der Waals surface area contributed by atoms with Crippen LogP contribution in [0.25, 0.3) is 0 Å². The van der Waals surface area contributed by atoms with Crippen LogP contribution in [-0.4, -0.2) is 57.3 Å². The van der Waals surface area contributed by atoms with E-state index in [0.717, 1.165) is 25.3 Å². The van der Waals surface area contributed by atoms with Gasteiger partial charge in [0.2, 0.25) is 12.3 Å². The van der Waals surface area contributed by atoms with Gasteiger partial charge in [-0.2, -0.15) is 4.57 Å². The number of hydrogen-bond donors (Lipinski definition) is 0. The molecule has 1 aliphatic rings. The summed E-state index contributed by atoms with van der Waals surface area (Å²) in [5.74, 6) is -2.68. The summed E-state index contributed by atoms with van der Waals surface area (Å²) in [4.78, 5) is 48.3. The number of imidazole rings is 1. The van der Waals surface area contributed by atoms with Crippen molar-refractivity contribution in [3.63, 3.8) is 0 Å². The van der Waals surface area contributed by atoms with Gasteiger partial charge in [-0.1, -0.05) is 4.98 Å². The van der Waals surface area contributed by atoms with Crippen LogP contribution < -0.4 is 0 Å². The second-order valence-electron chi connectivity index (χ2n) is 5.41. The van der Waals surface area contributed by atoms with E-state index in [-0.39, 0.29) is 6.61 Å². The van der Waals surface area contributed by atoms with E-state index in [1.54, 1.807) is 0 Å². The summed E-state index contributed by atoms with van der Waals surface area (Å²) in [5.41, 5.74) is 0. The molecule has 0 radical (unpaired) electrons. The van der Waals surface area contributed by atoms with Crippen molar-refractivity contribution in [3.8, 4) is 0 Å². The molecule has 1 aromatic rings. The molecule has 1 fully saturated rings. The largest absolute Gasteiger partial charge is 0.456 e. The maximum absolute atomic E-state index is 11.5. The Kier molecular flexibility index (Phi) is 5.87. The molecule has 0 aliphatic carbocycles. The van der Waals surface area contributed by atoms with Gasteiger partial charge in [0.25, 0.3) is 0 Å². The SMILES string of the molecule is CC(=O)O[C@@H]1[C@@H](OC(C)=O)[C@H](n2ccnc2[N+](=O)[O-])OC[C@@H]1OC(C)=O. The second kappa shape index (κ2) is 7.91. The summed E-state index contributed by atoms with van der Waals surface area (Å²) in [6.07, 6.45) is -2.36. The van der Waals surface area contributed by atoms with Crippen LogP contribution in [-0.2, 0) is 33.3 Å². The lowest BCUT2D eigenvalue weighted by Gasteiger charge is -2.39. The molecule has 0 N–H and O–H groups in total. The molecule has 1 saturated heterocycles. The van der Waals surface area contributed by atoms with Crippen molar-refractivity contribution in [2.45, 2.75) is 45.3 Å². The molecule has 0 bridgehead atoms. The van der Waals surface area contributed by atoms with Gasteiger partial charge < -0.3 is 29.1 Å². The molecule has 26 heavy (non-hydrogen) atoms. The first-order valence-corrected chi connectivity index (χ1v) is 7.51. The maximum Gasteiger partial charge on any atom is 0.436 e. The number of nitrogens with zero attached hydrogens (tertiary/aromatic N) is 3. The molecule has 0 saturated carbocycles. The summed E-state index contributed by atoms with van der Waals surface area (Å²) >= 11 is 0. The van der Waals surface area contributed by atoms with Crippen molar-refractivity contribution in [1.82, 2.24) is 9.55 Å². The molecule has 2 rings (SSSR count). The Morgan fingerprint density at radius 1 is 1.15 bits per heavy atom. The Morgan fingerprint density at radius 2 is 1.73 bits per heavy atom. The first kappa shape index (κ1) is 19.3. The predicted octanol–water partition coefficient (Wildman–Crippen LogP) is 0.115. The molecule has 2 heterocycles. The van der Waals surface area contributed by atoms with Crippen LogP contribution >= 0.6 is 0 Å². The Labute approximate surface area is 147 Å². The molecule has 4 atom stereocenters. The number of esters is 3. The molecule has 1 aliphatic heterocycles. The fourth-order valence-electron chi connectivity index (χ4n) is 2.61. The van der Waals surface area contributed by atoms with Gasteiger partial charge >= 0.3 is 23.9 Å². The Hall–Kier alpha value is -3.02. The smallest absolute Gasteiger partial charge is 0.436 e. The van der Waals surface area contributed by atoms with E-state index in [9.17, 15) is 24.5 Å². The van der Waals surface area contributed by atoms with Crippen LogP contribution in [0.5, 0.6) is 0 Å². The summed E-state index contributed by atoms with van der Waals surface area (Å²) in [6.45, 7) is 3.15. The number of aromatic nitrogens is 2. The zero-order chi connectivity index (χ0) is 19.4. The summed E-state index contributed by atoms with van der Waals surface area (Å²) < 4.78 is 22.0. The predicted molar refractivity (Wildman–Crippen MR) is 80.5 cm³/mol. The zero-order valence-corrected chi connectivity index (χ0v) is 14.2. The molecule has 1 aromatic heterocycles. The van der Waals surface area contributed by atoms with Gasteiger partial charge in [-0.05, 0) is 4.92 Å². The van der Waals surface area contributed by atoms with Crippen molar-refractivity contribution in [2.24, 2.45) is 0 Å². The van der Waals surface area contributed by atoms with E-state index < -0.39 is 53.3 Å². The first-order chi connectivity index (χ1) is 12.2. The summed E-state index contributed by atoms with van der Waals surface area (Å²) in [7, 11) is 0. The molecule has 142 valence electrons. The van der Waals surface area contributed by atoms with Gasteiger partial charge in [0.05, 0.1) is 6.61 Å². The zero-order valence-electron chi connectivity index (χ0n) is 14.2. The second-order valence-corrected chi connectivity index (χ2v) is 5.41. The fraction of sp³-hybridized carbons (Fsp3) is 0.571. The van der Waals surface area contributed by atoms with Gasteiger partial charge in [0.15, 0.2) is 12.2 Å². The minimum absolute atomic E-state index is 0.241. The lowest BCUT2D eigenvalue weighted by Crippen LogP contribution is -2.55. The van der Waals surface area contributed by atoms with Gasteiger partial charge in [-0.3, -0.25) is 14.4 Å². The van der Waals surface area contributed by atoms with E-state index in [4.69, 9.17) is 18.9 Å². The molecule has 0 amide bonds. The van der Waals surface area contributed by atoms with E-state index in [2.05, 4.69) is 4.98 Å². The molecule has 12 nitrogen and oxygen atoms in total. The lowest BCUT2D eigenvalue weighted by molar-refractivity contribution is -0.400. The van der Waals surface area contributed by atoms with Crippen LogP contribution in [0, 0.1) is 10.1 Å². The van der Waals surface area contributed by atoms with E-state index in [1.807, 2.05) is 0 Å². The van der Waals surface area contributed by atoms with Crippen LogP contribution in [0.15, 0.2) is 12.4 Å². The highest BCUT2D eigenvalue weighted by Gasteiger charge is 2.50. The van der Waals surface area contributed by atoms with Gasteiger partial charge in [0, 0.05) is 20.8 Å². The fourth-order valence-corrected chi connectivity index (χ4v) is 2.61. The molecular weight excluding hydrogens is 354 g/mol. The minimum atomic E-state index is -1.30. The highest BCUT2D eigenvalue weighted by Crippen LogP contribution is 2.32. The number of hydrogen-bond acceptors (Lipinski definition) is 10. The van der Waals surface area contributed by atoms with Gasteiger partial charge in [-0.15, -0.1) is 0 Å². The highest BCUT2D eigenvalue weighted by atomic mass is 16.7. The lowest BCUT2D eigenvalue weighted by atomic mass is 10.0.